The molecule has 1 amide bonds. The molecule has 8 nitrogen and oxygen atoms in total. The predicted molar refractivity (Wildman–Crippen MR) is 169 cm³/mol. The van der Waals surface area contributed by atoms with E-state index in [4.69, 9.17) is 14.0 Å². The zero-order valence-corrected chi connectivity index (χ0v) is 26.6. The summed E-state index contributed by atoms with van der Waals surface area (Å²) in [5.41, 5.74) is 6.09. The summed E-state index contributed by atoms with van der Waals surface area (Å²) >= 11 is 0. The molecule has 1 aliphatic carbocycles. The summed E-state index contributed by atoms with van der Waals surface area (Å²) in [5.74, 6) is -0.759. The number of carbonyl (C=O) groups is 1. The van der Waals surface area contributed by atoms with Crippen LogP contribution in [0.1, 0.15) is 55.9 Å². The average Bonchev–Trinajstić information content (AvgIpc) is 3.40. The molecule has 0 bridgehead atoms. The molecule has 0 radical (unpaired) electrons. The molecule has 2 heterocycles. The van der Waals surface area contributed by atoms with E-state index in [0.29, 0.717) is 37.2 Å². The Balaban J connectivity index is 1.16. The summed E-state index contributed by atoms with van der Waals surface area (Å²) in [7, 11) is -5.50. The molecule has 6 rings (SSSR count). The Morgan fingerprint density at radius 1 is 0.932 bits per heavy atom. The fraction of sp³-hybridized carbons (Fsp3) is 0.424. The number of amides is 1. The highest BCUT2D eigenvalue weighted by molar-refractivity contribution is 7.85. The van der Waals surface area contributed by atoms with E-state index < -0.39 is 34.3 Å². The molecule has 44 heavy (non-hydrogen) atoms. The third kappa shape index (κ3) is 5.73. The van der Waals surface area contributed by atoms with Crippen molar-refractivity contribution in [2.75, 3.05) is 37.7 Å². The zero-order valence-electron chi connectivity index (χ0n) is 25.8. The first kappa shape index (κ1) is 30.6. The molecular formula is C33H38BFN2O6S. The Labute approximate surface area is 259 Å². The molecule has 232 valence electrons. The lowest BCUT2D eigenvalue weighted by Gasteiger charge is -2.37. The second-order valence-electron chi connectivity index (χ2n) is 12.9. The van der Waals surface area contributed by atoms with Crippen LogP contribution in [0, 0.1) is 6.92 Å². The quantitative estimate of drug-likeness (QED) is 0.278. The number of fused-ring (bicyclic) bond motifs is 3. The van der Waals surface area contributed by atoms with Gasteiger partial charge in [0, 0.05) is 37.8 Å². The minimum atomic E-state index is -4.76. The van der Waals surface area contributed by atoms with Crippen LogP contribution in [0.4, 0.5) is 14.4 Å². The van der Waals surface area contributed by atoms with E-state index >= 15 is 0 Å². The standard InChI is InChI=1S/C33H38BFN2O6S/c1-22-29(34-42-32(2,3)33(4,5)43-34)18-23(21-44(35,39)40)19-30(22)36-14-16-37(17-15-36)31(38)41-20-28-26-12-8-6-10-24(26)25-11-7-9-13-27(25)28/h6-13,18-19,28H,14-17,20-21H2,1-5H3. The SMILES string of the molecule is Cc1c(B2OC(C)(C)C(C)(C)O2)cc(CS(=O)(=O)F)cc1N1CCN(C(=O)OCC2c3ccccc3-c3ccccc32)CC1. The Kier molecular flexibility index (Phi) is 7.79. The minimum absolute atomic E-state index is 0.0155. The highest BCUT2D eigenvalue weighted by Crippen LogP contribution is 2.44. The van der Waals surface area contributed by atoms with E-state index in [1.54, 1.807) is 17.0 Å². The summed E-state index contributed by atoms with van der Waals surface area (Å²) in [4.78, 5) is 17.0. The van der Waals surface area contributed by atoms with E-state index in [2.05, 4.69) is 29.2 Å². The van der Waals surface area contributed by atoms with Gasteiger partial charge < -0.3 is 23.8 Å². The Bertz CT molecular complexity index is 1640. The molecule has 2 fully saturated rings. The summed E-state index contributed by atoms with van der Waals surface area (Å²) in [5, 5.41) is 0. The Morgan fingerprint density at radius 2 is 1.48 bits per heavy atom. The third-order valence-corrected chi connectivity index (χ3v) is 10.2. The van der Waals surface area contributed by atoms with Crippen LogP contribution in [0.25, 0.3) is 11.1 Å². The number of benzene rings is 3. The second kappa shape index (κ2) is 11.2. The Hall–Kier alpha value is -3.41. The van der Waals surface area contributed by atoms with Crippen molar-refractivity contribution in [2.45, 2.75) is 57.5 Å². The van der Waals surface area contributed by atoms with Crippen LogP contribution in [-0.4, -0.2) is 70.5 Å². The van der Waals surface area contributed by atoms with E-state index in [1.807, 2.05) is 58.9 Å². The van der Waals surface area contributed by atoms with Gasteiger partial charge in [-0.25, -0.2) is 4.79 Å². The summed E-state index contributed by atoms with van der Waals surface area (Å²) < 4.78 is 55.5. The molecule has 2 aliphatic heterocycles. The fourth-order valence-electron chi connectivity index (χ4n) is 6.42. The van der Waals surface area contributed by atoms with Gasteiger partial charge in [-0.1, -0.05) is 54.6 Å². The first-order valence-corrected chi connectivity index (χ1v) is 16.6. The van der Waals surface area contributed by atoms with Crippen molar-refractivity contribution in [3.8, 4) is 11.1 Å². The maximum absolute atomic E-state index is 13.8. The van der Waals surface area contributed by atoms with Gasteiger partial charge in [-0.15, -0.1) is 3.89 Å². The van der Waals surface area contributed by atoms with Crippen LogP contribution in [-0.2, 0) is 30.0 Å². The smallest absolute Gasteiger partial charge is 0.448 e. The number of hydrogen-bond acceptors (Lipinski definition) is 7. The molecule has 0 unspecified atom stereocenters. The van der Waals surface area contributed by atoms with Gasteiger partial charge in [0.15, 0.2) is 0 Å². The van der Waals surface area contributed by atoms with Gasteiger partial charge in [0.1, 0.15) is 12.4 Å². The maximum atomic E-state index is 13.8. The molecule has 11 heteroatoms. The highest BCUT2D eigenvalue weighted by Gasteiger charge is 2.52. The molecule has 3 aromatic carbocycles. The number of halogens is 1. The number of nitrogens with zero attached hydrogens (tertiary/aromatic N) is 2. The number of carbonyl (C=O) groups excluding carboxylic acids is 1. The van der Waals surface area contributed by atoms with Gasteiger partial charge in [0.2, 0.25) is 0 Å². The van der Waals surface area contributed by atoms with E-state index in [0.717, 1.165) is 22.4 Å². The topological polar surface area (TPSA) is 85.4 Å². The molecule has 0 saturated carbocycles. The predicted octanol–water partition coefficient (Wildman–Crippen LogP) is 5.16. The second-order valence-corrected chi connectivity index (χ2v) is 14.2. The van der Waals surface area contributed by atoms with Crippen molar-refractivity contribution >= 4 is 34.6 Å². The van der Waals surface area contributed by atoms with E-state index in [1.165, 1.54) is 11.1 Å². The van der Waals surface area contributed by atoms with Crippen LogP contribution >= 0.6 is 0 Å². The summed E-state index contributed by atoms with van der Waals surface area (Å²) in [6.45, 7) is 11.8. The first-order chi connectivity index (χ1) is 20.7. The molecule has 0 spiro atoms. The van der Waals surface area contributed by atoms with Gasteiger partial charge in [-0.3, -0.25) is 0 Å². The van der Waals surface area contributed by atoms with Gasteiger partial charge >= 0.3 is 23.4 Å². The van der Waals surface area contributed by atoms with Crippen LogP contribution in [0.5, 0.6) is 0 Å². The zero-order chi connectivity index (χ0) is 31.4. The van der Waals surface area contributed by atoms with Gasteiger partial charge in [-0.2, -0.15) is 8.42 Å². The maximum Gasteiger partial charge on any atom is 0.495 e. The molecule has 2 saturated heterocycles. The summed E-state index contributed by atoms with van der Waals surface area (Å²) in [6.07, 6.45) is -0.363. The molecule has 0 atom stereocenters. The van der Waals surface area contributed by atoms with Crippen molar-refractivity contribution in [1.29, 1.82) is 0 Å². The highest BCUT2D eigenvalue weighted by atomic mass is 32.3. The van der Waals surface area contributed by atoms with Crippen molar-refractivity contribution in [2.24, 2.45) is 0 Å². The monoisotopic (exact) mass is 620 g/mol. The summed E-state index contributed by atoms with van der Waals surface area (Å²) in [6, 6.07) is 19.8. The number of anilines is 1. The van der Waals surface area contributed by atoms with Crippen LogP contribution in [0.2, 0.25) is 0 Å². The van der Waals surface area contributed by atoms with Crippen molar-refractivity contribution in [1.82, 2.24) is 4.90 Å². The van der Waals surface area contributed by atoms with Crippen molar-refractivity contribution in [3.05, 3.63) is 82.9 Å². The van der Waals surface area contributed by atoms with Gasteiger partial charge in [0.05, 0.1) is 11.2 Å². The Morgan fingerprint density at radius 3 is 2.02 bits per heavy atom. The molecule has 0 N–H and O–H groups in total. The molecule has 0 aromatic heterocycles. The lowest BCUT2D eigenvalue weighted by molar-refractivity contribution is 0.00578. The van der Waals surface area contributed by atoms with E-state index in [9.17, 15) is 17.1 Å². The first-order valence-electron chi connectivity index (χ1n) is 15.0. The fourth-order valence-corrected chi connectivity index (χ4v) is 6.99. The largest absolute Gasteiger partial charge is 0.495 e. The molecule has 3 aliphatic rings. The third-order valence-electron chi connectivity index (χ3n) is 9.54. The van der Waals surface area contributed by atoms with Crippen molar-refractivity contribution < 1.29 is 31.1 Å². The average molecular weight is 621 g/mol. The van der Waals surface area contributed by atoms with Crippen LogP contribution in [0.3, 0.4) is 0 Å². The van der Waals surface area contributed by atoms with Crippen LogP contribution < -0.4 is 10.4 Å². The minimum Gasteiger partial charge on any atom is -0.448 e. The van der Waals surface area contributed by atoms with E-state index in [-0.39, 0.29) is 18.6 Å². The lowest BCUT2D eigenvalue weighted by atomic mass is 9.75. The van der Waals surface area contributed by atoms with Crippen LogP contribution in [0.15, 0.2) is 60.7 Å². The molecule has 3 aromatic rings. The number of ether oxygens (including phenoxy) is 1. The lowest BCUT2D eigenvalue weighted by Crippen LogP contribution is -2.50. The molecular weight excluding hydrogens is 582 g/mol. The number of rotatable bonds is 6. The normalized spacial score (nSPS) is 19.2. The van der Waals surface area contributed by atoms with Crippen molar-refractivity contribution in [3.63, 3.8) is 0 Å². The van der Waals surface area contributed by atoms with Gasteiger partial charge in [-0.05, 0) is 79.5 Å². The van der Waals surface area contributed by atoms with Gasteiger partial charge in [0.25, 0.3) is 0 Å². The number of hydrogen-bond donors (Lipinski definition) is 0. The number of piperazine rings is 1.